The molecule has 0 saturated carbocycles. The minimum atomic E-state index is -0.714. The second-order valence-electron chi connectivity index (χ2n) is 6.93. The van der Waals surface area contributed by atoms with Crippen molar-refractivity contribution in [3.63, 3.8) is 0 Å². The molecule has 1 atom stereocenters. The lowest BCUT2D eigenvalue weighted by molar-refractivity contribution is -0.122. The Hall–Kier alpha value is -3.48. The lowest BCUT2D eigenvalue weighted by atomic mass is 10.0. The number of nitrogens with one attached hydrogen (secondary N) is 2. The largest absolute Gasteiger partial charge is 0.354 e. The maximum Gasteiger partial charge on any atom is 0.261 e. The number of hydrogen-bond acceptors (Lipinski definition) is 4. The third-order valence-corrected chi connectivity index (χ3v) is 4.71. The summed E-state index contributed by atoms with van der Waals surface area (Å²) in [7, 11) is 0. The van der Waals surface area contributed by atoms with Crippen molar-refractivity contribution in [2.45, 2.75) is 32.9 Å². The van der Waals surface area contributed by atoms with E-state index in [-0.39, 0.29) is 35.0 Å². The van der Waals surface area contributed by atoms with Crippen LogP contribution in [0.15, 0.2) is 48.5 Å². The van der Waals surface area contributed by atoms with Gasteiger partial charge in [0, 0.05) is 12.1 Å². The van der Waals surface area contributed by atoms with E-state index in [0.29, 0.717) is 6.54 Å². The maximum absolute atomic E-state index is 12.7. The van der Waals surface area contributed by atoms with Crippen molar-refractivity contribution < 1.29 is 19.2 Å². The normalized spacial score (nSPS) is 13.8. The number of benzene rings is 2. The van der Waals surface area contributed by atoms with Gasteiger partial charge in [-0.25, -0.2) is 0 Å². The van der Waals surface area contributed by atoms with Crippen molar-refractivity contribution >= 4 is 23.6 Å². The molecule has 3 rings (SSSR count). The number of amides is 4. The van der Waals surface area contributed by atoms with Crippen LogP contribution < -0.4 is 10.6 Å². The van der Waals surface area contributed by atoms with Crippen molar-refractivity contribution in [2.75, 3.05) is 6.54 Å². The van der Waals surface area contributed by atoms with Crippen LogP contribution in [0.25, 0.3) is 0 Å². The Morgan fingerprint density at radius 3 is 2.38 bits per heavy atom. The highest BCUT2D eigenvalue weighted by Gasteiger charge is 2.36. The van der Waals surface area contributed by atoms with Gasteiger partial charge in [-0.15, -0.1) is 0 Å². The summed E-state index contributed by atoms with van der Waals surface area (Å²) in [4.78, 5) is 51.0. The molecule has 0 unspecified atom stereocenters. The van der Waals surface area contributed by atoms with Crippen LogP contribution in [0.2, 0.25) is 0 Å². The fourth-order valence-electron chi connectivity index (χ4n) is 3.09. The second-order valence-corrected chi connectivity index (χ2v) is 6.93. The average Bonchev–Trinajstić information content (AvgIpc) is 2.97. The molecule has 0 radical (unpaired) electrons. The molecule has 2 N–H and O–H groups in total. The van der Waals surface area contributed by atoms with E-state index >= 15 is 0 Å². The van der Waals surface area contributed by atoms with Gasteiger partial charge in [0.1, 0.15) is 6.04 Å². The fraction of sp³-hybridized carbons (Fsp3) is 0.273. The van der Waals surface area contributed by atoms with E-state index in [1.165, 1.54) is 23.1 Å². The molecular formula is C22H23N3O4. The van der Waals surface area contributed by atoms with E-state index < -0.39 is 17.9 Å². The molecule has 0 bridgehead atoms. The van der Waals surface area contributed by atoms with E-state index in [9.17, 15) is 19.2 Å². The summed E-state index contributed by atoms with van der Waals surface area (Å²) < 4.78 is 0. The molecular weight excluding hydrogens is 370 g/mol. The molecule has 1 aliphatic rings. The minimum absolute atomic E-state index is 0.170. The quantitative estimate of drug-likeness (QED) is 0.705. The Morgan fingerprint density at radius 1 is 1.00 bits per heavy atom. The molecule has 29 heavy (non-hydrogen) atoms. The van der Waals surface area contributed by atoms with Gasteiger partial charge in [-0.3, -0.25) is 24.1 Å². The number of nitrogens with zero attached hydrogens (tertiary/aromatic N) is 1. The zero-order valence-electron chi connectivity index (χ0n) is 16.4. The predicted octanol–water partition coefficient (Wildman–Crippen LogP) is 2.13. The summed E-state index contributed by atoms with van der Waals surface area (Å²) in [5.74, 6) is -1.57. The van der Waals surface area contributed by atoms with E-state index in [1.807, 2.05) is 37.3 Å². The molecule has 0 aliphatic carbocycles. The summed E-state index contributed by atoms with van der Waals surface area (Å²) in [5.41, 5.74) is 1.53. The first-order valence-corrected chi connectivity index (χ1v) is 9.55. The third-order valence-electron chi connectivity index (χ3n) is 4.71. The van der Waals surface area contributed by atoms with Gasteiger partial charge >= 0.3 is 0 Å². The molecule has 0 saturated heterocycles. The number of imide groups is 1. The van der Waals surface area contributed by atoms with Crippen LogP contribution in [-0.4, -0.2) is 41.1 Å². The van der Waals surface area contributed by atoms with Gasteiger partial charge in [-0.05, 0) is 37.1 Å². The Morgan fingerprint density at radius 2 is 1.69 bits per heavy atom. The molecule has 7 nitrogen and oxygen atoms in total. The summed E-state index contributed by atoms with van der Waals surface area (Å²) >= 11 is 0. The summed E-state index contributed by atoms with van der Waals surface area (Å²) in [5, 5.41) is 5.33. The van der Waals surface area contributed by atoms with Gasteiger partial charge in [0.15, 0.2) is 0 Å². The molecule has 0 aromatic heterocycles. The first-order chi connectivity index (χ1) is 13.9. The number of carbonyl (C=O) groups is 4. The number of carbonyl (C=O) groups excluding carboxylic acids is 4. The molecule has 7 heteroatoms. The highest BCUT2D eigenvalue weighted by atomic mass is 16.2. The summed E-state index contributed by atoms with van der Waals surface area (Å²) in [6.45, 7) is 4.23. The van der Waals surface area contributed by atoms with E-state index in [0.717, 1.165) is 12.0 Å². The highest BCUT2D eigenvalue weighted by Crippen LogP contribution is 2.25. The lowest BCUT2D eigenvalue weighted by Crippen LogP contribution is -2.45. The fourth-order valence-corrected chi connectivity index (χ4v) is 3.09. The van der Waals surface area contributed by atoms with Crippen LogP contribution in [0.4, 0.5) is 0 Å². The zero-order chi connectivity index (χ0) is 21.0. The van der Waals surface area contributed by atoms with Gasteiger partial charge in [0.25, 0.3) is 17.7 Å². The summed E-state index contributed by atoms with van der Waals surface area (Å²) in [6.07, 6.45) is 0.798. The predicted molar refractivity (Wildman–Crippen MR) is 107 cm³/mol. The van der Waals surface area contributed by atoms with Gasteiger partial charge in [-0.1, -0.05) is 37.3 Å². The van der Waals surface area contributed by atoms with Crippen molar-refractivity contribution in [1.82, 2.24) is 15.5 Å². The van der Waals surface area contributed by atoms with Crippen LogP contribution in [-0.2, 0) is 11.3 Å². The van der Waals surface area contributed by atoms with E-state index in [1.54, 1.807) is 6.92 Å². The zero-order valence-corrected chi connectivity index (χ0v) is 16.4. The van der Waals surface area contributed by atoms with Crippen molar-refractivity contribution in [2.24, 2.45) is 0 Å². The summed E-state index contributed by atoms with van der Waals surface area (Å²) in [6, 6.07) is 12.9. The molecule has 4 amide bonds. The van der Waals surface area contributed by atoms with Crippen molar-refractivity contribution in [3.05, 3.63) is 70.8 Å². The van der Waals surface area contributed by atoms with Crippen LogP contribution in [0.1, 0.15) is 56.9 Å². The van der Waals surface area contributed by atoms with Crippen molar-refractivity contribution in [3.8, 4) is 0 Å². The topological polar surface area (TPSA) is 95.6 Å². The highest BCUT2D eigenvalue weighted by molar-refractivity contribution is 6.22. The second kappa shape index (κ2) is 8.68. The van der Waals surface area contributed by atoms with E-state index in [2.05, 4.69) is 10.6 Å². The monoisotopic (exact) mass is 393 g/mol. The molecule has 2 aromatic carbocycles. The molecule has 1 aliphatic heterocycles. The lowest BCUT2D eigenvalue weighted by Gasteiger charge is -2.14. The molecule has 2 aromatic rings. The SMILES string of the molecule is CCCNC(=O)[C@@H](C)NC(=O)c1ccc2c(c1)C(=O)N(Cc1ccccc1)C2=O. The number of hydrogen-bond donors (Lipinski definition) is 2. The third kappa shape index (κ3) is 4.34. The molecule has 1 heterocycles. The Labute approximate surface area is 169 Å². The van der Waals surface area contributed by atoms with Crippen LogP contribution in [0.3, 0.4) is 0 Å². The average molecular weight is 393 g/mol. The molecule has 0 fully saturated rings. The maximum atomic E-state index is 12.7. The smallest absolute Gasteiger partial charge is 0.261 e. The van der Waals surface area contributed by atoms with Crippen molar-refractivity contribution in [1.29, 1.82) is 0 Å². The van der Waals surface area contributed by atoms with Gasteiger partial charge in [-0.2, -0.15) is 0 Å². The Balaban J connectivity index is 1.74. The molecule has 150 valence electrons. The van der Waals surface area contributed by atoms with Crippen LogP contribution in [0.5, 0.6) is 0 Å². The Bertz CT molecular complexity index is 956. The van der Waals surface area contributed by atoms with Gasteiger partial charge < -0.3 is 10.6 Å². The first-order valence-electron chi connectivity index (χ1n) is 9.55. The van der Waals surface area contributed by atoms with E-state index in [4.69, 9.17) is 0 Å². The standard InChI is InChI=1S/C22H23N3O4/c1-3-11-23-19(26)14(2)24-20(27)16-9-10-17-18(12-16)22(29)25(21(17)28)13-15-7-5-4-6-8-15/h4-10,12,14H,3,11,13H2,1-2H3,(H,23,26)(H,24,27)/t14-/m1/s1. The number of rotatable bonds is 7. The van der Waals surface area contributed by atoms with Gasteiger partial charge in [0.2, 0.25) is 5.91 Å². The minimum Gasteiger partial charge on any atom is -0.354 e. The van der Waals surface area contributed by atoms with Crippen LogP contribution in [0, 0.1) is 0 Å². The van der Waals surface area contributed by atoms with Gasteiger partial charge in [0.05, 0.1) is 17.7 Å². The Kier molecular flexibility index (Phi) is 6.07. The molecule has 0 spiro atoms. The van der Waals surface area contributed by atoms with Crippen LogP contribution >= 0.6 is 0 Å². The number of fused-ring (bicyclic) bond motifs is 1. The first kappa shape index (κ1) is 20.3.